The maximum Gasteiger partial charge on any atom is 0.240 e. The molecule has 8 heteroatoms. The Balaban J connectivity index is 1.91. The van der Waals surface area contributed by atoms with Crippen LogP contribution < -0.4 is 5.32 Å². The number of nitrogens with one attached hydrogen (secondary N) is 1. The van der Waals surface area contributed by atoms with E-state index in [1.165, 1.54) is 0 Å². The fourth-order valence-corrected chi connectivity index (χ4v) is 4.27. The third kappa shape index (κ3) is 3.82. The van der Waals surface area contributed by atoms with Crippen molar-refractivity contribution in [2.24, 2.45) is 0 Å². The van der Waals surface area contributed by atoms with Crippen LogP contribution in [0, 0.1) is 6.92 Å². The van der Waals surface area contributed by atoms with Crippen molar-refractivity contribution in [3.63, 3.8) is 0 Å². The van der Waals surface area contributed by atoms with Gasteiger partial charge in [-0.05, 0) is 26.8 Å². The maximum atomic E-state index is 12.0. The normalized spacial score (nSPS) is 20.9. The molecule has 0 aromatic carbocycles. The molecule has 1 fully saturated rings. The Morgan fingerprint density at radius 1 is 1.52 bits per heavy atom. The van der Waals surface area contributed by atoms with Gasteiger partial charge in [0.15, 0.2) is 9.84 Å². The summed E-state index contributed by atoms with van der Waals surface area (Å²) in [6.45, 7) is 3.94. The van der Waals surface area contributed by atoms with E-state index in [1.54, 1.807) is 11.9 Å². The topological polar surface area (TPSA) is 92.5 Å². The Hall–Kier alpha value is -1.41. The summed E-state index contributed by atoms with van der Waals surface area (Å²) in [7, 11) is -1.18. The van der Waals surface area contributed by atoms with Crippen molar-refractivity contribution in [3.8, 4) is 0 Å². The molecule has 1 saturated heterocycles. The molecule has 7 nitrogen and oxygen atoms in total. The first-order valence-electron chi connectivity index (χ1n) is 6.98. The average molecular weight is 315 g/mol. The summed E-state index contributed by atoms with van der Waals surface area (Å²) in [6, 6.07) is -0.0947. The van der Waals surface area contributed by atoms with Gasteiger partial charge in [-0.3, -0.25) is 15.0 Å². The third-order valence-corrected chi connectivity index (χ3v) is 5.58. The number of likely N-dealkylation sites (N-methyl/N-ethyl adjacent to an activating group) is 1. The molecule has 1 atom stereocenters. The Labute approximate surface area is 124 Å². The highest BCUT2D eigenvalue weighted by molar-refractivity contribution is 7.91. The fourth-order valence-electron chi connectivity index (χ4n) is 2.46. The van der Waals surface area contributed by atoms with Crippen LogP contribution in [0.3, 0.4) is 0 Å². The molecular formula is C13H21N3O4S. The zero-order chi connectivity index (χ0) is 15.6. The summed E-state index contributed by atoms with van der Waals surface area (Å²) in [5.74, 6) is 0.455. The summed E-state index contributed by atoms with van der Waals surface area (Å²) < 4.78 is 28.0. The zero-order valence-corrected chi connectivity index (χ0v) is 13.4. The lowest BCUT2D eigenvalue weighted by Gasteiger charge is -2.21. The van der Waals surface area contributed by atoms with Gasteiger partial charge < -0.3 is 4.52 Å². The predicted octanol–water partition coefficient (Wildman–Crippen LogP) is 0.603. The summed E-state index contributed by atoms with van der Waals surface area (Å²) in [4.78, 5) is 13.8. The number of anilines is 1. The van der Waals surface area contributed by atoms with Gasteiger partial charge in [0.05, 0.1) is 23.7 Å². The van der Waals surface area contributed by atoms with Crippen LogP contribution in [0.5, 0.6) is 0 Å². The lowest BCUT2D eigenvalue weighted by atomic mass is 10.2. The van der Waals surface area contributed by atoms with Gasteiger partial charge in [0.1, 0.15) is 0 Å². The Morgan fingerprint density at radius 3 is 2.76 bits per heavy atom. The van der Waals surface area contributed by atoms with Crippen molar-refractivity contribution in [1.82, 2.24) is 10.1 Å². The number of nitrogens with zero attached hydrogens (tertiary/aromatic N) is 2. The van der Waals surface area contributed by atoms with Crippen LogP contribution >= 0.6 is 0 Å². The van der Waals surface area contributed by atoms with Crippen LogP contribution in [-0.4, -0.2) is 55.5 Å². The standard InChI is InChI=1S/C13H21N3O4S/c1-4-11-9(2)13(20-15-11)14-12(17)7-16(3)10-5-6-21(18,19)8-10/h10H,4-8H2,1-3H3,(H,14,17). The van der Waals surface area contributed by atoms with Crippen molar-refractivity contribution in [1.29, 1.82) is 0 Å². The molecular weight excluding hydrogens is 294 g/mol. The number of aryl methyl sites for hydroxylation is 1. The van der Waals surface area contributed by atoms with Crippen molar-refractivity contribution in [2.75, 3.05) is 30.4 Å². The van der Waals surface area contributed by atoms with E-state index in [-0.39, 0.29) is 30.0 Å². The SMILES string of the molecule is CCc1noc(NC(=O)CN(C)C2CCS(=O)(=O)C2)c1C. The van der Waals surface area contributed by atoms with Crippen LogP contribution in [0.2, 0.25) is 0 Å². The van der Waals surface area contributed by atoms with Crippen LogP contribution in [0.1, 0.15) is 24.6 Å². The maximum absolute atomic E-state index is 12.0. The van der Waals surface area contributed by atoms with Gasteiger partial charge >= 0.3 is 0 Å². The van der Waals surface area contributed by atoms with E-state index in [1.807, 2.05) is 13.8 Å². The second-order valence-corrected chi connectivity index (χ2v) is 7.69. The number of carbonyl (C=O) groups is 1. The average Bonchev–Trinajstić information content (AvgIpc) is 2.93. The summed E-state index contributed by atoms with van der Waals surface area (Å²) in [5, 5.41) is 6.56. The fraction of sp³-hybridized carbons (Fsp3) is 0.692. The minimum atomic E-state index is -2.94. The van der Waals surface area contributed by atoms with Crippen molar-refractivity contribution in [2.45, 2.75) is 32.7 Å². The second-order valence-electron chi connectivity index (χ2n) is 5.46. The molecule has 2 rings (SSSR count). The van der Waals surface area contributed by atoms with E-state index in [9.17, 15) is 13.2 Å². The molecule has 0 saturated carbocycles. The first kappa shape index (κ1) is 16.0. The largest absolute Gasteiger partial charge is 0.338 e. The molecule has 0 spiro atoms. The van der Waals surface area contributed by atoms with Gasteiger partial charge in [0, 0.05) is 11.6 Å². The number of carbonyl (C=O) groups excluding carboxylic acids is 1. The van der Waals surface area contributed by atoms with E-state index in [4.69, 9.17) is 4.52 Å². The van der Waals surface area contributed by atoms with Crippen LogP contribution in [-0.2, 0) is 21.1 Å². The van der Waals surface area contributed by atoms with Crippen molar-refractivity contribution < 1.29 is 17.7 Å². The molecule has 118 valence electrons. The Morgan fingerprint density at radius 2 is 2.24 bits per heavy atom. The molecule has 0 bridgehead atoms. The van der Waals surface area contributed by atoms with E-state index < -0.39 is 9.84 Å². The molecule has 1 unspecified atom stereocenters. The number of hydrogen-bond donors (Lipinski definition) is 1. The van der Waals surface area contributed by atoms with Gasteiger partial charge in [0.25, 0.3) is 0 Å². The molecule has 2 heterocycles. The lowest BCUT2D eigenvalue weighted by Crippen LogP contribution is -2.38. The zero-order valence-electron chi connectivity index (χ0n) is 12.5. The smallest absolute Gasteiger partial charge is 0.240 e. The number of aromatic nitrogens is 1. The predicted molar refractivity (Wildman–Crippen MR) is 78.9 cm³/mol. The highest BCUT2D eigenvalue weighted by atomic mass is 32.2. The third-order valence-electron chi connectivity index (χ3n) is 3.83. The highest BCUT2D eigenvalue weighted by Gasteiger charge is 2.31. The van der Waals surface area contributed by atoms with Crippen molar-refractivity contribution in [3.05, 3.63) is 11.3 Å². The highest BCUT2D eigenvalue weighted by Crippen LogP contribution is 2.19. The molecule has 0 radical (unpaired) electrons. The molecule has 1 aliphatic rings. The molecule has 1 N–H and O–H groups in total. The molecule has 21 heavy (non-hydrogen) atoms. The minimum absolute atomic E-state index is 0.0947. The van der Waals surface area contributed by atoms with Crippen molar-refractivity contribution >= 4 is 21.6 Å². The van der Waals surface area contributed by atoms with E-state index >= 15 is 0 Å². The van der Waals surface area contributed by atoms with Gasteiger partial charge in [-0.2, -0.15) is 0 Å². The van der Waals surface area contributed by atoms with E-state index in [2.05, 4.69) is 10.5 Å². The summed E-state index contributed by atoms with van der Waals surface area (Å²) >= 11 is 0. The molecule has 1 amide bonds. The first-order valence-corrected chi connectivity index (χ1v) is 8.80. The summed E-state index contributed by atoms with van der Waals surface area (Å²) in [5.41, 5.74) is 1.65. The molecule has 1 aromatic heterocycles. The molecule has 1 aliphatic heterocycles. The number of sulfone groups is 1. The van der Waals surface area contributed by atoms with E-state index in [0.717, 1.165) is 17.7 Å². The number of hydrogen-bond acceptors (Lipinski definition) is 6. The van der Waals surface area contributed by atoms with Gasteiger partial charge in [0.2, 0.25) is 11.8 Å². The van der Waals surface area contributed by atoms with Crippen LogP contribution in [0.25, 0.3) is 0 Å². The van der Waals surface area contributed by atoms with Gasteiger partial charge in [-0.15, -0.1) is 0 Å². The first-order chi connectivity index (χ1) is 9.82. The Kier molecular flexibility index (Phi) is 4.67. The Bertz CT molecular complexity index is 623. The van der Waals surface area contributed by atoms with E-state index in [0.29, 0.717) is 12.3 Å². The quantitative estimate of drug-likeness (QED) is 0.855. The number of rotatable bonds is 5. The minimum Gasteiger partial charge on any atom is -0.338 e. The monoisotopic (exact) mass is 315 g/mol. The van der Waals surface area contributed by atoms with Crippen LogP contribution in [0.15, 0.2) is 4.52 Å². The lowest BCUT2D eigenvalue weighted by molar-refractivity contribution is -0.117. The van der Waals surface area contributed by atoms with Crippen LogP contribution in [0.4, 0.5) is 5.88 Å². The van der Waals surface area contributed by atoms with Gasteiger partial charge in [-0.25, -0.2) is 8.42 Å². The van der Waals surface area contributed by atoms with Gasteiger partial charge in [-0.1, -0.05) is 12.1 Å². The molecule has 1 aromatic rings. The summed E-state index contributed by atoms with van der Waals surface area (Å²) in [6.07, 6.45) is 1.32. The molecule has 0 aliphatic carbocycles. The second kappa shape index (κ2) is 6.15. The number of amides is 1.